The Hall–Kier alpha value is -1.14. The lowest BCUT2D eigenvalue weighted by Crippen LogP contribution is -2.52. The lowest BCUT2D eigenvalue weighted by molar-refractivity contribution is -0.145. The first kappa shape index (κ1) is 15.9. The number of carbonyl (C=O) groups is 2. The summed E-state index contributed by atoms with van der Waals surface area (Å²) in [5, 5.41) is 20.5. The summed E-state index contributed by atoms with van der Waals surface area (Å²) in [5.41, 5.74) is -0.518. The third-order valence-corrected chi connectivity index (χ3v) is 3.25. The molecule has 0 radical (unpaired) electrons. The summed E-state index contributed by atoms with van der Waals surface area (Å²) in [7, 11) is 0. The first-order valence-electron chi connectivity index (χ1n) is 6.64. The molecule has 1 unspecified atom stereocenters. The molecular weight excluding hydrogens is 248 g/mol. The number of nitrogens with one attached hydrogen (secondary N) is 1. The predicted octanol–water partition coefficient (Wildman–Crippen LogP) is -0.507. The highest BCUT2D eigenvalue weighted by atomic mass is 16.3. The van der Waals surface area contributed by atoms with E-state index in [0.717, 1.165) is 6.42 Å². The summed E-state index contributed by atoms with van der Waals surface area (Å²) < 4.78 is 0. The van der Waals surface area contributed by atoms with Crippen LogP contribution in [0, 0.1) is 5.41 Å². The number of aliphatic hydroxyl groups is 2. The van der Waals surface area contributed by atoms with Crippen LogP contribution in [-0.2, 0) is 9.59 Å². The minimum atomic E-state index is -0.667. The van der Waals surface area contributed by atoms with Gasteiger partial charge in [0.15, 0.2) is 0 Å². The molecule has 0 aromatic heterocycles. The Morgan fingerprint density at radius 1 is 1.32 bits per heavy atom. The zero-order valence-electron chi connectivity index (χ0n) is 11.8. The number of hydrogen-bond acceptors (Lipinski definition) is 4. The van der Waals surface area contributed by atoms with Crippen molar-refractivity contribution in [1.29, 1.82) is 0 Å². The molecular formula is C13H24N2O4. The molecule has 0 aromatic carbocycles. The molecule has 1 aliphatic heterocycles. The summed E-state index contributed by atoms with van der Waals surface area (Å²) in [5.74, 6) is -0.349. The van der Waals surface area contributed by atoms with Crippen molar-refractivity contribution in [2.24, 2.45) is 5.41 Å². The van der Waals surface area contributed by atoms with Crippen LogP contribution in [0.3, 0.4) is 0 Å². The zero-order chi connectivity index (χ0) is 14.6. The average molecular weight is 272 g/mol. The SMILES string of the molecule is CC(C)(C)C(=O)N1CCCC1C(=O)NC(CO)CO. The Labute approximate surface area is 113 Å². The maximum absolute atomic E-state index is 12.3. The number of amides is 2. The molecule has 1 atom stereocenters. The van der Waals surface area contributed by atoms with E-state index in [1.165, 1.54) is 0 Å². The molecule has 3 N–H and O–H groups in total. The molecule has 110 valence electrons. The lowest BCUT2D eigenvalue weighted by atomic mass is 9.94. The van der Waals surface area contributed by atoms with Crippen molar-refractivity contribution in [2.75, 3.05) is 19.8 Å². The summed E-state index contributed by atoms with van der Waals surface area (Å²) in [4.78, 5) is 25.9. The fourth-order valence-electron chi connectivity index (χ4n) is 2.16. The first-order valence-corrected chi connectivity index (χ1v) is 6.64. The van der Waals surface area contributed by atoms with Gasteiger partial charge >= 0.3 is 0 Å². The minimum Gasteiger partial charge on any atom is -0.394 e. The Bertz CT molecular complexity index is 334. The standard InChI is InChI=1S/C13H24N2O4/c1-13(2,3)12(19)15-6-4-5-10(15)11(18)14-9(7-16)8-17/h9-10,16-17H,4-8H2,1-3H3,(H,14,18). The van der Waals surface area contributed by atoms with Gasteiger partial charge in [0.25, 0.3) is 0 Å². The molecule has 1 saturated heterocycles. The predicted molar refractivity (Wildman–Crippen MR) is 70.3 cm³/mol. The van der Waals surface area contributed by atoms with Crippen LogP contribution in [0.2, 0.25) is 0 Å². The molecule has 0 bridgehead atoms. The van der Waals surface area contributed by atoms with Crippen molar-refractivity contribution in [3.8, 4) is 0 Å². The minimum absolute atomic E-state index is 0.0466. The highest BCUT2D eigenvalue weighted by Gasteiger charge is 2.38. The van der Waals surface area contributed by atoms with Gasteiger partial charge < -0.3 is 20.4 Å². The maximum atomic E-state index is 12.3. The van der Waals surface area contributed by atoms with Gasteiger partial charge in [-0.05, 0) is 12.8 Å². The van der Waals surface area contributed by atoms with Gasteiger partial charge in [0.05, 0.1) is 19.3 Å². The van der Waals surface area contributed by atoms with Crippen LogP contribution >= 0.6 is 0 Å². The van der Waals surface area contributed by atoms with Crippen LogP contribution in [0.1, 0.15) is 33.6 Å². The van der Waals surface area contributed by atoms with Crippen molar-refractivity contribution in [3.05, 3.63) is 0 Å². The molecule has 19 heavy (non-hydrogen) atoms. The molecule has 6 heteroatoms. The fourth-order valence-corrected chi connectivity index (χ4v) is 2.16. The lowest BCUT2D eigenvalue weighted by Gasteiger charge is -2.30. The van der Waals surface area contributed by atoms with Crippen LogP contribution in [0.4, 0.5) is 0 Å². The largest absolute Gasteiger partial charge is 0.394 e. The number of aliphatic hydroxyl groups excluding tert-OH is 2. The van der Waals surface area contributed by atoms with Gasteiger partial charge in [0, 0.05) is 12.0 Å². The molecule has 0 aliphatic carbocycles. The number of rotatable bonds is 4. The van der Waals surface area contributed by atoms with Crippen molar-refractivity contribution in [3.63, 3.8) is 0 Å². The van der Waals surface area contributed by atoms with Crippen LogP contribution in [0.15, 0.2) is 0 Å². The number of likely N-dealkylation sites (tertiary alicyclic amines) is 1. The Morgan fingerprint density at radius 2 is 1.89 bits per heavy atom. The van der Waals surface area contributed by atoms with Crippen molar-refractivity contribution >= 4 is 11.8 Å². The Kier molecular flexibility index (Phi) is 5.31. The van der Waals surface area contributed by atoms with E-state index in [1.807, 2.05) is 20.8 Å². The third kappa shape index (κ3) is 3.91. The van der Waals surface area contributed by atoms with Crippen LogP contribution < -0.4 is 5.32 Å². The van der Waals surface area contributed by atoms with E-state index in [9.17, 15) is 9.59 Å². The highest BCUT2D eigenvalue weighted by molar-refractivity contribution is 5.90. The summed E-state index contributed by atoms with van der Waals surface area (Å²) in [6.45, 7) is 5.42. The van der Waals surface area contributed by atoms with Gasteiger partial charge in [-0.25, -0.2) is 0 Å². The van der Waals surface area contributed by atoms with Gasteiger partial charge in [0.1, 0.15) is 6.04 Å². The quantitative estimate of drug-likeness (QED) is 0.643. The van der Waals surface area contributed by atoms with E-state index < -0.39 is 17.5 Å². The van der Waals surface area contributed by atoms with E-state index >= 15 is 0 Å². The van der Waals surface area contributed by atoms with Gasteiger partial charge in [-0.3, -0.25) is 9.59 Å². The first-order chi connectivity index (χ1) is 8.81. The molecule has 1 heterocycles. The Morgan fingerprint density at radius 3 is 2.37 bits per heavy atom. The molecule has 1 rings (SSSR count). The molecule has 1 fully saturated rings. The van der Waals surface area contributed by atoms with Crippen molar-refractivity contribution < 1.29 is 19.8 Å². The second-order valence-corrected chi connectivity index (χ2v) is 5.98. The molecule has 2 amide bonds. The van der Waals surface area contributed by atoms with Crippen LogP contribution in [0.5, 0.6) is 0 Å². The van der Waals surface area contributed by atoms with Crippen LogP contribution in [-0.4, -0.2) is 58.8 Å². The number of nitrogens with zero attached hydrogens (tertiary/aromatic N) is 1. The van der Waals surface area contributed by atoms with Gasteiger partial charge in [-0.2, -0.15) is 0 Å². The van der Waals surface area contributed by atoms with Crippen molar-refractivity contribution in [2.45, 2.75) is 45.7 Å². The van der Waals surface area contributed by atoms with Gasteiger partial charge in [-0.1, -0.05) is 20.8 Å². The van der Waals surface area contributed by atoms with Gasteiger partial charge in [0.2, 0.25) is 11.8 Å². The third-order valence-electron chi connectivity index (χ3n) is 3.25. The second-order valence-electron chi connectivity index (χ2n) is 5.98. The molecule has 0 aromatic rings. The normalized spacial score (nSPS) is 19.9. The van der Waals surface area contributed by atoms with E-state index in [4.69, 9.17) is 10.2 Å². The van der Waals surface area contributed by atoms with E-state index in [2.05, 4.69) is 5.32 Å². The summed E-state index contributed by atoms with van der Waals surface area (Å²) in [6.07, 6.45) is 1.42. The topological polar surface area (TPSA) is 89.9 Å². The van der Waals surface area contributed by atoms with Crippen molar-refractivity contribution in [1.82, 2.24) is 10.2 Å². The average Bonchev–Trinajstić information content (AvgIpc) is 2.82. The maximum Gasteiger partial charge on any atom is 0.243 e. The van der Waals surface area contributed by atoms with E-state index in [-0.39, 0.29) is 25.0 Å². The van der Waals surface area contributed by atoms with Crippen LogP contribution in [0.25, 0.3) is 0 Å². The molecule has 1 aliphatic rings. The fraction of sp³-hybridized carbons (Fsp3) is 0.846. The molecule has 6 nitrogen and oxygen atoms in total. The van der Waals surface area contributed by atoms with E-state index in [1.54, 1.807) is 4.90 Å². The van der Waals surface area contributed by atoms with Gasteiger partial charge in [-0.15, -0.1) is 0 Å². The molecule has 0 spiro atoms. The number of hydrogen-bond donors (Lipinski definition) is 3. The Balaban J connectivity index is 2.71. The zero-order valence-corrected chi connectivity index (χ0v) is 11.8. The summed E-state index contributed by atoms with van der Waals surface area (Å²) >= 11 is 0. The summed E-state index contributed by atoms with van der Waals surface area (Å²) in [6, 6.07) is -1.16. The molecule has 0 saturated carbocycles. The monoisotopic (exact) mass is 272 g/mol. The van der Waals surface area contributed by atoms with E-state index in [0.29, 0.717) is 13.0 Å². The smallest absolute Gasteiger partial charge is 0.243 e. The second kappa shape index (κ2) is 6.34. The highest BCUT2D eigenvalue weighted by Crippen LogP contribution is 2.25. The number of carbonyl (C=O) groups excluding carboxylic acids is 2.